The van der Waals surface area contributed by atoms with Gasteiger partial charge >= 0.3 is 17.9 Å². The van der Waals surface area contributed by atoms with Crippen molar-refractivity contribution in [3.63, 3.8) is 0 Å². The van der Waals surface area contributed by atoms with Crippen LogP contribution < -0.4 is 0 Å². The molecule has 0 amide bonds. The molecule has 0 saturated heterocycles. The molecule has 6 nitrogen and oxygen atoms in total. The highest BCUT2D eigenvalue weighted by atomic mass is 16.6. The van der Waals surface area contributed by atoms with Crippen LogP contribution in [0.1, 0.15) is 284 Å². The molecular weight excluding hydrogens is 841 g/mol. The number of carbonyl (C=O) groups excluding carboxylic acids is 3. The first-order valence-electron chi connectivity index (χ1n) is 29.0. The Balaban J connectivity index is 4.42. The first-order valence-corrected chi connectivity index (χ1v) is 29.0. The molecule has 0 aromatic carbocycles. The van der Waals surface area contributed by atoms with Crippen molar-refractivity contribution in [2.45, 2.75) is 290 Å². The van der Waals surface area contributed by atoms with Crippen LogP contribution in [0.5, 0.6) is 0 Å². The summed E-state index contributed by atoms with van der Waals surface area (Å²) in [6, 6.07) is 0. The van der Waals surface area contributed by atoms with Crippen molar-refractivity contribution in [1.29, 1.82) is 0 Å². The van der Waals surface area contributed by atoms with Gasteiger partial charge in [-0.1, -0.05) is 299 Å². The summed E-state index contributed by atoms with van der Waals surface area (Å²) in [5.41, 5.74) is 0. The zero-order valence-corrected chi connectivity index (χ0v) is 44.9. The van der Waals surface area contributed by atoms with Gasteiger partial charge in [0.15, 0.2) is 6.10 Å². The second-order valence-corrected chi connectivity index (χ2v) is 19.3. The van der Waals surface area contributed by atoms with E-state index in [1.165, 1.54) is 173 Å². The van der Waals surface area contributed by atoms with Crippen molar-refractivity contribution in [3.8, 4) is 0 Å². The Kier molecular flexibility index (Phi) is 53.8. The lowest BCUT2D eigenvalue weighted by atomic mass is 10.0. The van der Waals surface area contributed by atoms with Gasteiger partial charge in [-0.15, -0.1) is 0 Å². The minimum atomic E-state index is -0.796. The molecule has 6 heteroatoms. The normalized spacial score (nSPS) is 12.6. The number of rotatable bonds is 52. The van der Waals surface area contributed by atoms with E-state index in [-0.39, 0.29) is 37.5 Å². The molecule has 0 radical (unpaired) electrons. The number of carbonyl (C=O) groups is 3. The first-order chi connectivity index (χ1) is 33.5. The minimum absolute atomic E-state index is 0.0900. The maximum atomic E-state index is 12.8. The van der Waals surface area contributed by atoms with Crippen molar-refractivity contribution in [2.75, 3.05) is 13.2 Å². The molecule has 392 valence electrons. The second-order valence-electron chi connectivity index (χ2n) is 19.3. The van der Waals surface area contributed by atoms with E-state index in [9.17, 15) is 14.4 Å². The average molecular weight is 950 g/mol. The molecule has 0 bridgehead atoms. The molecule has 68 heavy (non-hydrogen) atoms. The lowest BCUT2D eigenvalue weighted by Crippen LogP contribution is -2.30. The second kappa shape index (κ2) is 56.4. The Morgan fingerprint density at radius 3 is 0.897 bits per heavy atom. The lowest BCUT2D eigenvalue weighted by molar-refractivity contribution is -0.167. The quantitative estimate of drug-likeness (QED) is 0.0262. The van der Waals surface area contributed by atoms with Crippen LogP contribution in [0, 0.1) is 0 Å². The van der Waals surface area contributed by atoms with E-state index in [1.807, 2.05) is 60.8 Å². The Morgan fingerprint density at radius 1 is 0.309 bits per heavy atom. The average Bonchev–Trinajstić information content (AvgIpc) is 3.34. The molecule has 0 N–H and O–H groups in total. The molecule has 1 unspecified atom stereocenters. The molecule has 1 atom stereocenters. The predicted octanol–water partition coefficient (Wildman–Crippen LogP) is 19.4. The molecule has 0 aromatic rings. The zero-order valence-electron chi connectivity index (χ0n) is 44.9. The molecule has 0 aliphatic carbocycles. The highest BCUT2D eigenvalue weighted by Crippen LogP contribution is 2.17. The summed E-state index contributed by atoms with van der Waals surface area (Å²) in [5, 5.41) is 0. The van der Waals surface area contributed by atoms with Gasteiger partial charge in [0.1, 0.15) is 13.2 Å². The highest BCUT2D eigenvalue weighted by Gasteiger charge is 2.19. The number of hydrogen-bond donors (Lipinski definition) is 0. The number of ether oxygens (including phenoxy) is 3. The van der Waals surface area contributed by atoms with Gasteiger partial charge in [0.2, 0.25) is 0 Å². The number of esters is 3. The van der Waals surface area contributed by atoms with E-state index < -0.39 is 6.10 Å². The Morgan fingerprint density at radius 2 is 0.574 bits per heavy atom. The molecule has 0 heterocycles. The maximum absolute atomic E-state index is 12.8. The molecule has 0 spiro atoms. The van der Waals surface area contributed by atoms with Gasteiger partial charge in [-0.2, -0.15) is 0 Å². The SMILES string of the molecule is CC\C=C/C=C\C=C/C=C\C=C\C=C/CCCCCC(=O)OC(COC(=O)CCCCCCCCCCCCCCCC)COC(=O)CCCCCCCCCCCCCCCCCCCCC. The van der Waals surface area contributed by atoms with E-state index in [1.54, 1.807) is 0 Å². The van der Waals surface area contributed by atoms with Crippen molar-refractivity contribution in [2.24, 2.45) is 0 Å². The molecular formula is C62H108O6. The predicted molar refractivity (Wildman–Crippen MR) is 293 cm³/mol. The van der Waals surface area contributed by atoms with E-state index in [4.69, 9.17) is 14.2 Å². The Hall–Kier alpha value is -3.15. The molecule has 0 aliphatic heterocycles. The molecule has 0 rings (SSSR count). The minimum Gasteiger partial charge on any atom is -0.462 e. The summed E-state index contributed by atoms with van der Waals surface area (Å²) in [7, 11) is 0. The van der Waals surface area contributed by atoms with Crippen LogP contribution in [0.2, 0.25) is 0 Å². The molecule has 0 fully saturated rings. The van der Waals surface area contributed by atoms with Gasteiger partial charge in [0.05, 0.1) is 0 Å². The van der Waals surface area contributed by atoms with Gasteiger partial charge in [0.25, 0.3) is 0 Å². The van der Waals surface area contributed by atoms with Crippen LogP contribution in [-0.4, -0.2) is 37.2 Å². The number of hydrogen-bond acceptors (Lipinski definition) is 6. The third kappa shape index (κ3) is 53.8. The fourth-order valence-corrected chi connectivity index (χ4v) is 8.30. The number of unbranched alkanes of at least 4 members (excludes halogenated alkanes) is 34. The Bertz CT molecular complexity index is 1270. The van der Waals surface area contributed by atoms with Gasteiger partial charge < -0.3 is 14.2 Å². The van der Waals surface area contributed by atoms with Crippen LogP contribution in [0.4, 0.5) is 0 Å². The first kappa shape index (κ1) is 64.8. The van der Waals surface area contributed by atoms with E-state index in [0.29, 0.717) is 19.3 Å². The molecule has 0 aliphatic rings. The zero-order chi connectivity index (χ0) is 49.3. The van der Waals surface area contributed by atoms with Crippen LogP contribution in [0.3, 0.4) is 0 Å². The Labute approximate surface area is 421 Å². The molecule has 0 aromatic heterocycles. The van der Waals surface area contributed by atoms with E-state index in [0.717, 1.165) is 64.2 Å². The summed E-state index contributed by atoms with van der Waals surface area (Å²) in [5.74, 6) is -0.921. The van der Waals surface area contributed by atoms with Crippen LogP contribution in [0.25, 0.3) is 0 Å². The van der Waals surface area contributed by atoms with Crippen LogP contribution >= 0.6 is 0 Å². The topological polar surface area (TPSA) is 78.9 Å². The van der Waals surface area contributed by atoms with E-state index in [2.05, 4.69) is 32.9 Å². The highest BCUT2D eigenvalue weighted by molar-refractivity contribution is 5.71. The standard InChI is InChI=1S/C62H108O6/c1-4-7-10-13-16-19-22-25-28-30-31-33-34-37-40-43-46-49-52-55-61(64)67-58-59(57-66-60(63)54-51-48-45-42-39-36-27-24-21-18-15-12-9-6-3)68-62(65)56-53-50-47-44-41-38-35-32-29-26-23-20-17-14-11-8-5-2/h8,11,14,17,20,23,26,29,32,35,38,41,59H,4-7,9-10,12-13,15-16,18-19,21-22,24-25,27-28,30-31,33-34,36-37,39-40,42-58H2,1-3H3/b11-8-,17-14-,23-20-,29-26-,35-32+,41-38-. The summed E-state index contributed by atoms with van der Waals surface area (Å²) < 4.78 is 16.8. The fraction of sp³-hybridized carbons (Fsp3) is 0.758. The smallest absolute Gasteiger partial charge is 0.306 e. The van der Waals surface area contributed by atoms with Gasteiger partial charge in [0, 0.05) is 19.3 Å². The third-order valence-corrected chi connectivity index (χ3v) is 12.6. The van der Waals surface area contributed by atoms with E-state index >= 15 is 0 Å². The summed E-state index contributed by atoms with van der Waals surface area (Å²) in [4.78, 5) is 38.2. The fourth-order valence-electron chi connectivity index (χ4n) is 8.30. The summed E-state index contributed by atoms with van der Waals surface area (Å²) in [6.45, 7) is 6.49. The van der Waals surface area contributed by atoms with Crippen molar-refractivity contribution >= 4 is 17.9 Å². The third-order valence-electron chi connectivity index (χ3n) is 12.6. The van der Waals surface area contributed by atoms with Gasteiger partial charge in [-0.25, -0.2) is 0 Å². The largest absolute Gasteiger partial charge is 0.462 e. The van der Waals surface area contributed by atoms with Gasteiger partial charge in [-0.3, -0.25) is 14.4 Å². The maximum Gasteiger partial charge on any atom is 0.306 e. The van der Waals surface area contributed by atoms with Crippen molar-refractivity contribution < 1.29 is 28.6 Å². The monoisotopic (exact) mass is 949 g/mol. The van der Waals surface area contributed by atoms with Gasteiger partial charge in [-0.05, 0) is 38.5 Å². The molecule has 0 saturated carbocycles. The van der Waals surface area contributed by atoms with Crippen LogP contribution in [-0.2, 0) is 28.6 Å². The number of allylic oxidation sites excluding steroid dienone is 12. The summed E-state index contributed by atoms with van der Waals surface area (Å²) >= 11 is 0. The van der Waals surface area contributed by atoms with Crippen molar-refractivity contribution in [3.05, 3.63) is 72.9 Å². The lowest BCUT2D eigenvalue weighted by Gasteiger charge is -2.18. The summed E-state index contributed by atoms with van der Waals surface area (Å²) in [6.07, 6.45) is 71.8. The van der Waals surface area contributed by atoms with Crippen molar-refractivity contribution in [1.82, 2.24) is 0 Å². The van der Waals surface area contributed by atoms with Crippen LogP contribution in [0.15, 0.2) is 72.9 Å².